The second-order valence-corrected chi connectivity index (χ2v) is 10.5. The van der Waals surface area contributed by atoms with E-state index in [0.29, 0.717) is 58.5 Å². The number of rotatable bonds is 11. The summed E-state index contributed by atoms with van der Waals surface area (Å²) in [5.41, 5.74) is 3.62. The fourth-order valence-corrected chi connectivity index (χ4v) is 4.61. The van der Waals surface area contributed by atoms with Gasteiger partial charge in [0.25, 0.3) is 11.8 Å². The van der Waals surface area contributed by atoms with Gasteiger partial charge in [-0.15, -0.1) is 0 Å². The highest BCUT2D eigenvalue weighted by atomic mass is 19.1. The van der Waals surface area contributed by atoms with Gasteiger partial charge in [-0.25, -0.2) is 4.39 Å². The van der Waals surface area contributed by atoms with Crippen LogP contribution in [-0.4, -0.2) is 29.9 Å². The molecule has 8 heteroatoms. The van der Waals surface area contributed by atoms with Crippen LogP contribution in [0.15, 0.2) is 102 Å². The minimum atomic E-state index is -0.717. The Hall–Kier alpha value is -4.98. The molecular weight excluding hydrogens is 533 g/mol. The molecule has 1 atom stereocenters. The Kier molecular flexibility index (Phi) is 8.92. The molecular formula is C34H32FN3O4. The molecule has 0 spiro atoms. The number of carbonyl (C=O) groups excluding carboxylic acids is 2. The number of hydrogen-bond acceptors (Lipinski definition) is 5. The maximum atomic E-state index is 13.9. The molecule has 7 nitrogen and oxygen atoms in total. The van der Waals surface area contributed by atoms with Crippen molar-refractivity contribution in [2.75, 3.05) is 13.2 Å². The number of nitrogens with one attached hydrogen (secondary N) is 2. The van der Waals surface area contributed by atoms with E-state index in [9.17, 15) is 14.0 Å². The zero-order valence-corrected chi connectivity index (χ0v) is 23.5. The summed E-state index contributed by atoms with van der Waals surface area (Å²) in [6.45, 7) is 4.90. The average molecular weight is 566 g/mol. The van der Waals surface area contributed by atoms with Crippen molar-refractivity contribution >= 4 is 22.8 Å². The van der Waals surface area contributed by atoms with E-state index in [1.165, 1.54) is 18.4 Å². The molecule has 0 aliphatic rings. The van der Waals surface area contributed by atoms with Gasteiger partial charge in [0.15, 0.2) is 0 Å². The van der Waals surface area contributed by atoms with Crippen molar-refractivity contribution in [2.45, 2.75) is 26.3 Å². The summed E-state index contributed by atoms with van der Waals surface area (Å²) in [5, 5.41) is 6.70. The van der Waals surface area contributed by atoms with E-state index in [4.69, 9.17) is 9.15 Å². The van der Waals surface area contributed by atoms with E-state index in [1.54, 1.807) is 48.8 Å². The molecule has 3 aromatic carbocycles. The number of fused-ring (bicyclic) bond motifs is 1. The SMILES string of the molecule is CC(C)CNC(=O)c1cc(OCCc2cccnc2)cc(C(NC(=O)c2coc3ccccc23)c2ccc(F)cc2)c1. The average Bonchev–Trinajstić information content (AvgIpc) is 3.44. The van der Waals surface area contributed by atoms with Gasteiger partial charge < -0.3 is 19.8 Å². The molecule has 214 valence electrons. The first-order chi connectivity index (χ1) is 20.4. The molecule has 2 heterocycles. The van der Waals surface area contributed by atoms with Crippen LogP contribution in [0.1, 0.15) is 57.3 Å². The normalized spacial score (nSPS) is 11.8. The molecule has 0 saturated heterocycles. The number of benzene rings is 3. The number of ether oxygens (including phenoxy) is 1. The van der Waals surface area contributed by atoms with Crippen LogP contribution in [0.4, 0.5) is 4.39 Å². The standard InChI is InChI=1S/C34H32FN3O4/c1-22(2)19-37-33(39)26-16-25(17-28(18-26)41-15-13-23-6-5-14-36-20-23)32(24-9-11-27(35)12-10-24)38-34(40)30-21-42-31-8-4-3-7-29(30)31/h3-12,14,16-18,20-22,32H,13,15,19H2,1-2H3,(H,37,39)(H,38,40). The van der Waals surface area contributed by atoms with Crippen molar-refractivity contribution in [3.05, 3.63) is 131 Å². The fourth-order valence-electron chi connectivity index (χ4n) is 4.61. The quantitative estimate of drug-likeness (QED) is 0.191. The van der Waals surface area contributed by atoms with Crippen molar-refractivity contribution < 1.29 is 23.1 Å². The minimum Gasteiger partial charge on any atom is -0.493 e. The zero-order chi connectivity index (χ0) is 29.5. The maximum absolute atomic E-state index is 13.9. The lowest BCUT2D eigenvalue weighted by molar-refractivity contribution is 0.0940. The third-order valence-electron chi connectivity index (χ3n) is 6.78. The monoisotopic (exact) mass is 565 g/mol. The molecule has 0 aliphatic carbocycles. The number of carbonyl (C=O) groups is 2. The predicted molar refractivity (Wildman–Crippen MR) is 159 cm³/mol. The highest BCUT2D eigenvalue weighted by Crippen LogP contribution is 2.29. The van der Waals surface area contributed by atoms with Crippen LogP contribution in [0.2, 0.25) is 0 Å². The molecule has 0 aliphatic heterocycles. The van der Waals surface area contributed by atoms with Crippen molar-refractivity contribution in [2.24, 2.45) is 5.92 Å². The second-order valence-electron chi connectivity index (χ2n) is 10.5. The second kappa shape index (κ2) is 13.1. The van der Waals surface area contributed by atoms with E-state index < -0.39 is 11.9 Å². The molecule has 5 aromatic rings. The first kappa shape index (κ1) is 28.5. The number of nitrogens with zero attached hydrogens (tertiary/aromatic N) is 1. The van der Waals surface area contributed by atoms with Crippen LogP contribution in [-0.2, 0) is 6.42 Å². The molecule has 2 N–H and O–H groups in total. The lowest BCUT2D eigenvalue weighted by Gasteiger charge is -2.22. The smallest absolute Gasteiger partial charge is 0.255 e. The Morgan fingerprint density at radius 3 is 2.52 bits per heavy atom. The highest BCUT2D eigenvalue weighted by Gasteiger charge is 2.23. The fraction of sp³-hybridized carbons (Fsp3) is 0.206. The largest absolute Gasteiger partial charge is 0.493 e. The van der Waals surface area contributed by atoms with Gasteiger partial charge in [0.05, 0.1) is 18.2 Å². The van der Waals surface area contributed by atoms with E-state index in [1.807, 2.05) is 44.2 Å². The van der Waals surface area contributed by atoms with Crippen LogP contribution in [0, 0.1) is 11.7 Å². The van der Waals surface area contributed by atoms with Gasteiger partial charge in [-0.3, -0.25) is 14.6 Å². The van der Waals surface area contributed by atoms with Crippen LogP contribution in [0.3, 0.4) is 0 Å². The summed E-state index contributed by atoms with van der Waals surface area (Å²) in [6.07, 6.45) is 5.54. The number of hydrogen-bond donors (Lipinski definition) is 2. The number of amides is 2. The first-order valence-corrected chi connectivity index (χ1v) is 13.8. The predicted octanol–water partition coefficient (Wildman–Crippen LogP) is 6.49. The van der Waals surface area contributed by atoms with Crippen molar-refractivity contribution in [3.63, 3.8) is 0 Å². The Labute approximate surface area is 243 Å². The highest BCUT2D eigenvalue weighted by molar-refractivity contribution is 6.06. The summed E-state index contributed by atoms with van der Waals surface area (Å²) in [4.78, 5) is 30.9. The Balaban J connectivity index is 1.50. The summed E-state index contributed by atoms with van der Waals surface area (Å²) >= 11 is 0. The van der Waals surface area contributed by atoms with Gasteiger partial charge >= 0.3 is 0 Å². The van der Waals surface area contributed by atoms with Gasteiger partial charge in [-0.1, -0.05) is 50.2 Å². The van der Waals surface area contributed by atoms with Gasteiger partial charge in [-0.05, 0) is 65.1 Å². The van der Waals surface area contributed by atoms with E-state index in [-0.39, 0.29) is 17.7 Å². The van der Waals surface area contributed by atoms with Crippen LogP contribution < -0.4 is 15.4 Å². The number of aromatic nitrogens is 1. The molecule has 0 bridgehead atoms. The number of halogens is 1. The van der Waals surface area contributed by atoms with Crippen molar-refractivity contribution in [3.8, 4) is 5.75 Å². The summed E-state index contributed by atoms with van der Waals surface area (Å²) < 4.78 is 25.6. The van der Waals surface area contributed by atoms with Crippen LogP contribution in [0.25, 0.3) is 11.0 Å². The molecule has 2 amide bonds. The van der Waals surface area contributed by atoms with Crippen molar-refractivity contribution in [1.29, 1.82) is 0 Å². The number of pyridine rings is 1. The minimum absolute atomic E-state index is 0.257. The Bertz CT molecular complexity index is 1670. The first-order valence-electron chi connectivity index (χ1n) is 13.8. The molecule has 0 fully saturated rings. The van der Waals surface area contributed by atoms with E-state index in [0.717, 1.165) is 5.56 Å². The molecule has 5 rings (SSSR count). The zero-order valence-electron chi connectivity index (χ0n) is 23.5. The lowest BCUT2D eigenvalue weighted by Crippen LogP contribution is -2.30. The molecule has 42 heavy (non-hydrogen) atoms. The maximum Gasteiger partial charge on any atom is 0.255 e. The summed E-state index contributed by atoms with van der Waals surface area (Å²) in [6, 6.07) is 21.5. The number of furan rings is 1. The third-order valence-corrected chi connectivity index (χ3v) is 6.78. The lowest BCUT2D eigenvalue weighted by atomic mass is 9.95. The summed E-state index contributed by atoms with van der Waals surface area (Å²) in [7, 11) is 0. The molecule has 0 saturated carbocycles. The van der Waals surface area contributed by atoms with Gasteiger partial charge in [-0.2, -0.15) is 0 Å². The van der Waals surface area contributed by atoms with E-state index in [2.05, 4.69) is 15.6 Å². The van der Waals surface area contributed by atoms with Gasteiger partial charge in [0.2, 0.25) is 0 Å². The third kappa shape index (κ3) is 7.01. The summed E-state index contributed by atoms with van der Waals surface area (Å²) in [5.74, 6) is -0.286. The molecule has 0 radical (unpaired) electrons. The van der Waals surface area contributed by atoms with Crippen LogP contribution >= 0.6 is 0 Å². The molecule has 2 aromatic heterocycles. The Morgan fingerprint density at radius 2 is 1.76 bits per heavy atom. The molecule has 1 unspecified atom stereocenters. The van der Waals surface area contributed by atoms with Gasteiger partial charge in [0.1, 0.15) is 23.4 Å². The van der Waals surface area contributed by atoms with Crippen LogP contribution in [0.5, 0.6) is 5.75 Å². The van der Waals surface area contributed by atoms with Gasteiger partial charge in [0, 0.05) is 36.3 Å². The number of para-hydroxylation sites is 1. The Morgan fingerprint density at radius 1 is 0.952 bits per heavy atom. The van der Waals surface area contributed by atoms with Crippen molar-refractivity contribution in [1.82, 2.24) is 15.6 Å². The van der Waals surface area contributed by atoms with E-state index >= 15 is 0 Å². The topological polar surface area (TPSA) is 93.5 Å².